The zero-order chi connectivity index (χ0) is 17.6. The van der Waals surface area contributed by atoms with E-state index in [9.17, 15) is 19.7 Å². The number of nitrogens with one attached hydrogen (secondary N) is 2. The van der Waals surface area contributed by atoms with Crippen LogP contribution in [-0.4, -0.2) is 53.1 Å². The fourth-order valence-electron chi connectivity index (χ4n) is 3.54. The highest BCUT2D eigenvalue weighted by molar-refractivity contribution is 5.80. The van der Waals surface area contributed by atoms with Crippen LogP contribution < -0.4 is 10.6 Å². The predicted octanol–water partition coefficient (Wildman–Crippen LogP) is 1.28. The topological polar surface area (TPSA) is 108 Å². The van der Waals surface area contributed by atoms with E-state index in [1.54, 1.807) is 31.1 Å². The maximum atomic E-state index is 12.3. The van der Waals surface area contributed by atoms with Gasteiger partial charge < -0.3 is 20.4 Å². The third-order valence-corrected chi connectivity index (χ3v) is 4.85. The molecule has 2 saturated heterocycles. The molecule has 9 heteroatoms. The van der Waals surface area contributed by atoms with Crippen LogP contribution in [0.2, 0.25) is 0 Å². The number of urea groups is 2. The van der Waals surface area contributed by atoms with Crippen molar-refractivity contribution in [3.63, 3.8) is 0 Å². The van der Waals surface area contributed by atoms with Gasteiger partial charge in [-0.3, -0.25) is 10.1 Å². The van der Waals surface area contributed by atoms with Gasteiger partial charge in [0.2, 0.25) is 0 Å². The van der Waals surface area contributed by atoms with Crippen LogP contribution in [0, 0.1) is 16.0 Å². The monoisotopic (exact) mass is 333 g/mol. The first-order valence-corrected chi connectivity index (χ1v) is 7.62. The number of fused-ring (bicyclic) bond motifs is 1. The predicted molar refractivity (Wildman–Crippen MR) is 85.2 cm³/mol. The zero-order valence-electron chi connectivity index (χ0n) is 13.6. The molecule has 1 aromatic carbocycles. The normalized spacial score (nSPS) is 29.6. The van der Waals surface area contributed by atoms with Crippen molar-refractivity contribution in [1.82, 2.24) is 20.4 Å². The van der Waals surface area contributed by atoms with Gasteiger partial charge in [-0.25, -0.2) is 9.59 Å². The molecule has 0 unspecified atom stereocenters. The highest BCUT2D eigenvalue weighted by Crippen LogP contribution is 2.38. The van der Waals surface area contributed by atoms with E-state index >= 15 is 0 Å². The summed E-state index contributed by atoms with van der Waals surface area (Å²) < 4.78 is 0. The number of non-ortho nitro benzene ring substituents is 1. The number of benzene rings is 1. The number of hydrogen-bond donors (Lipinski definition) is 2. The summed E-state index contributed by atoms with van der Waals surface area (Å²) in [5.74, 6) is -0.100. The van der Waals surface area contributed by atoms with Gasteiger partial charge in [0, 0.05) is 38.2 Å². The van der Waals surface area contributed by atoms with Gasteiger partial charge in [0.15, 0.2) is 0 Å². The van der Waals surface area contributed by atoms with Gasteiger partial charge in [-0.15, -0.1) is 0 Å². The molecular weight excluding hydrogens is 314 g/mol. The molecule has 2 aliphatic rings. The fourth-order valence-corrected chi connectivity index (χ4v) is 3.54. The second-order valence-electron chi connectivity index (χ2n) is 6.23. The minimum absolute atomic E-state index is 0.000303. The first kappa shape index (κ1) is 16.0. The van der Waals surface area contributed by atoms with Crippen LogP contribution in [0.25, 0.3) is 0 Å². The number of nitro groups is 1. The summed E-state index contributed by atoms with van der Waals surface area (Å²) in [7, 11) is 3.32. The molecule has 1 aromatic rings. The molecule has 2 aliphatic heterocycles. The van der Waals surface area contributed by atoms with E-state index in [0.29, 0.717) is 0 Å². The SMILES string of the molecule is C[C@H]1NC(=O)N(C)[C@@H]2NC(=O)N(C)[C@H](c3ccc([N+](=O)[O-])cc3)[C@H]21. The lowest BCUT2D eigenvalue weighted by atomic mass is 9.81. The van der Waals surface area contributed by atoms with Crippen molar-refractivity contribution in [1.29, 1.82) is 0 Å². The number of carbonyl (C=O) groups excluding carboxylic acids is 2. The van der Waals surface area contributed by atoms with E-state index < -0.39 is 11.1 Å². The molecule has 2 fully saturated rings. The Morgan fingerprint density at radius 3 is 2.21 bits per heavy atom. The number of carbonyl (C=O) groups is 2. The van der Waals surface area contributed by atoms with Gasteiger partial charge in [0.05, 0.1) is 11.0 Å². The number of rotatable bonds is 2. The maximum absolute atomic E-state index is 12.3. The summed E-state index contributed by atoms with van der Waals surface area (Å²) in [6, 6.07) is 5.20. The Bertz CT molecular complexity index is 692. The summed E-state index contributed by atoms with van der Waals surface area (Å²) in [6.07, 6.45) is -0.433. The Hall–Kier alpha value is -2.84. The molecule has 0 aromatic heterocycles. The van der Waals surface area contributed by atoms with E-state index in [1.165, 1.54) is 17.0 Å². The molecular formula is C15H19N5O4. The van der Waals surface area contributed by atoms with Crippen LogP contribution in [0.4, 0.5) is 15.3 Å². The van der Waals surface area contributed by atoms with Crippen LogP contribution in [0.1, 0.15) is 18.5 Å². The average molecular weight is 333 g/mol. The maximum Gasteiger partial charge on any atom is 0.319 e. The molecule has 2 heterocycles. The minimum atomic E-state index is -0.457. The molecule has 0 saturated carbocycles. The lowest BCUT2D eigenvalue weighted by molar-refractivity contribution is -0.384. The highest BCUT2D eigenvalue weighted by atomic mass is 16.6. The molecule has 0 bridgehead atoms. The first-order chi connectivity index (χ1) is 11.3. The molecule has 0 aliphatic carbocycles. The van der Waals surface area contributed by atoms with Crippen molar-refractivity contribution in [3.8, 4) is 0 Å². The van der Waals surface area contributed by atoms with E-state index in [4.69, 9.17) is 0 Å². The van der Waals surface area contributed by atoms with Crippen molar-refractivity contribution in [3.05, 3.63) is 39.9 Å². The van der Waals surface area contributed by atoms with Gasteiger partial charge >= 0.3 is 12.1 Å². The average Bonchev–Trinajstić information content (AvgIpc) is 2.54. The Labute approximate surface area is 138 Å². The van der Waals surface area contributed by atoms with Crippen molar-refractivity contribution < 1.29 is 14.5 Å². The summed E-state index contributed by atoms with van der Waals surface area (Å²) in [5, 5.41) is 16.6. The molecule has 2 N–H and O–H groups in total. The Morgan fingerprint density at radius 1 is 1.04 bits per heavy atom. The molecule has 0 radical (unpaired) electrons. The fraction of sp³-hybridized carbons (Fsp3) is 0.467. The highest BCUT2D eigenvalue weighted by Gasteiger charge is 2.49. The molecule has 9 nitrogen and oxygen atoms in total. The van der Waals surface area contributed by atoms with Crippen LogP contribution in [0.15, 0.2) is 24.3 Å². The number of amides is 4. The summed E-state index contributed by atoms with van der Waals surface area (Å²) in [5.41, 5.74) is 0.796. The molecule has 3 rings (SSSR count). The first-order valence-electron chi connectivity index (χ1n) is 7.62. The van der Waals surface area contributed by atoms with Crippen LogP contribution in [0.5, 0.6) is 0 Å². The van der Waals surface area contributed by atoms with Crippen molar-refractivity contribution in [2.75, 3.05) is 14.1 Å². The van der Waals surface area contributed by atoms with Gasteiger partial charge in [-0.1, -0.05) is 12.1 Å². The summed E-state index contributed by atoms with van der Waals surface area (Å²) in [4.78, 5) is 37.7. The van der Waals surface area contributed by atoms with Crippen LogP contribution in [0.3, 0.4) is 0 Å². The molecule has 0 spiro atoms. The van der Waals surface area contributed by atoms with Gasteiger partial charge in [-0.2, -0.15) is 0 Å². The molecule has 4 atom stereocenters. The lowest BCUT2D eigenvalue weighted by Crippen LogP contribution is -2.71. The zero-order valence-corrected chi connectivity index (χ0v) is 13.6. The van der Waals surface area contributed by atoms with Gasteiger partial charge in [0.25, 0.3) is 5.69 Å². The number of nitro benzene ring substituents is 1. The van der Waals surface area contributed by atoms with E-state index in [1.807, 2.05) is 6.92 Å². The third kappa shape index (κ3) is 2.41. The van der Waals surface area contributed by atoms with Crippen molar-refractivity contribution in [2.45, 2.75) is 25.2 Å². The quantitative estimate of drug-likeness (QED) is 0.628. The second kappa shape index (κ2) is 5.66. The van der Waals surface area contributed by atoms with E-state index in [-0.39, 0.29) is 35.8 Å². The molecule has 4 amide bonds. The molecule has 128 valence electrons. The lowest BCUT2D eigenvalue weighted by Gasteiger charge is -2.52. The second-order valence-corrected chi connectivity index (χ2v) is 6.23. The van der Waals surface area contributed by atoms with Gasteiger partial charge in [0.1, 0.15) is 6.17 Å². The van der Waals surface area contributed by atoms with Gasteiger partial charge in [-0.05, 0) is 12.5 Å². The standard InChI is InChI=1S/C15H19N5O4/c1-8-11-12(9-4-6-10(7-5-9)20(23)24)18(2)15(22)17-13(11)19(3)14(21)16-8/h4-8,11-13H,1-3H3,(H,16,21)(H,17,22)/t8-,11-,12-,13+/m1/s1. The molecule has 24 heavy (non-hydrogen) atoms. The third-order valence-electron chi connectivity index (χ3n) is 4.85. The number of hydrogen-bond acceptors (Lipinski definition) is 4. The minimum Gasteiger partial charge on any atom is -0.335 e. The smallest absolute Gasteiger partial charge is 0.319 e. The summed E-state index contributed by atoms with van der Waals surface area (Å²) >= 11 is 0. The van der Waals surface area contributed by atoms with Crippen LogP contribution in [-0.2, 0) is 0 Å². The van der Waals surface area contributed by atoms with Crippen molar-refractivity contribution >= 4 is 17.7 Å². The Balaban J connectivity index is 2.01. The summed E-state index contributed by atoms with van der Waals surface area (Å²) in [6.45, 7) is 1.90. The Morgan fingerprint density at radius 2 is 1.62 bits per heavy atom. The van der Waals surface area contributed by atoms with E-state index in [2.05, 4.69) is 10.6 Å². The number of nitrogens with zero attached hydrogens (tertiary/aromatic N) is 3. The largest absolute Gasteiger partial charge is 0.335 e. The Kier molecular flexibility index (Phi) is 3.78. The van der Waals surface area contributed by atoms with Crippen LogP contribution >= 0.6 is 0 Å². The van der Waals surface area contributed by atoms with E-state index in [0.717, 1.165) is 5.56 Å². The van der Waals surface area contributed by atoms with Crippen molar-refractivity contribution in [2.24, 2.45) is 5.92 Å².